The van der Waals surface area contributed by atoms with Crippen molar-refractivity contribution in [2.24, 2.45) is 23.7 Å². The lowest BCUT2D eigenvalue weighted by molar-refractivity contribution is -0.140. The Hall–Kier alpha value is -1.20. The number of carbonyl (C=O) groups is 2. The molecule has 0 aromatic carbocycles. The molecule has 5 heteroatoms. The molecular weight excluding hydrogens is 254 g/mol. The third kappa shape index (κ3) is 1.76. The average Bonchev–Trinajstić information content (AvgIpc) is 3.13. The smallest absolute Gasteiger partial charge is 0.233 e. The van der Waals surface area contributed by atoms with Gasteiger partial charge in [0.05, 0.1) is 11.8 Å². The van der Waals surface area contributed by atoms with Gasteiger partial charge in [-0.05, 0) is 18.3 Å². The molecule has 2 aliphatic carbocycles. The fraction of sp³-hybridized carbons (Fsp3) is 0.733. The monoisotopic (exact) mass is 275 g/mol. The SMILES string of the molecule is O=C1[C@@H]2[C@@H](C(=O)N1CCN1CCNCC1)[C@@H]1C=C[C@@H]2C1. The van der Waals surface area contributed by atoms with Crippen molar-refractivity contribution in [3.8, 4) is 0 Å². The van der Waals surface area contributed by atoms with Gasteiger partial charge in [0, 0.05) is 39.3 Å². The molecule has 0 spiro atoms. The van der Waals surface area contributed by atoms with E-state index in [2.05, 4.69) is 22.4 Å². The number of piperazine rings is 1. The molecule has 2 saturated heterocycles. The van der Waals surface area contributed by atoms with Crippen molar-refractivity contribution >= 4 is 11.8 Å². The van der Waals surface area contributed by atoms with Crippen molar-refractivity contribution in [2.45, 2.75) is 6.42 Å². The fourth-order valence-corrected chi connectivity index (χ4v) is 4.36. The van der Waals surface area contributed by atoms with Crippen LogP contribution < -0.4 is 5.32 Å². The molecule has 20 heavy (non-hydrogen) atoms. The van der Waals surface area contributed by atoms with Gasteiger partial charge in [-0.25, -0.2) is 0 Å². The van der Waals surface area contributed by atoms with E-state index in [1.807, 2.05) is 0 Å². The predicted octanol–water partition coefficient (Wildman–Crippen LogP) is -0.301. The number of fused-ring (bicyclic) bond motifs is 5. The second-order valence-electron chi connectivity index (χ2n) is 6.42. The first-order valence-corrected chi connectivity index (χ1v) is 7.72. The normalized spacial score (nSPS) is 39.9. The number of rotatable bonds is 3. The first-order chi connectivity index (χ1) is 9.75. The molecule has 2 heterocycles. The summed E-state index contributed by atoms with van der Waals surface area (Å²) in [6, 6.07) is 0. The summed E-state index contributed by atoms with van der Waals surface area (Å²) in [6.07, 6.45) is 5.31. The quantitative estimate of drug-likeness (QED) is 0.567. The van der Waals surface area contributed by atoms with E-state index < -0.39 is 0 Å². The van der Waals surface area contributed by atoms with Gasteiger partial charge in [0.15, 0.2) is 0 Å². The molecule has 2 amide bonds. The van der Waals surface area contributed by atoms with Crippen molar-refractivity contribution in [1.82, 2.24) is 15.1 Å². The third-order valence-corrected chi connectivity index (χ3v) is 5.41. The summed E-state index contributed by atoms with van der Waals surface area (Å²) in [7, 11) is 0. The Morgan fingerprint density at radius 2 is 1.60 bits per heavy atom. The van der Waals surface area contributed by atoms with E-state index in [-0.39, 0.29) is 23.7 Å². The Labute approximate surface area is 119 Å². The van der Waals surface area contributed by atoms with Gasteiger partial charge in [0.2, 0.25) is 11.8 Å². The zero-order chi connectivity index (χ0) is 13.7. The highest BCUT2D eigenvalue weighted by Gasteiger charge is 2.58. The molecule has 1 N–H and O–H groups in total. The van der Waals surface area contributed by atoms with Crippen LogP contribution in [0.5, 0.6) is 0 Å². The third-order valence-electron chi connectivity index (χ3n) is 5.41. The molecule has 2 bridgehead atoms. The number of hydrogen-bond acceptors (Lipinski definition) is 4. The maximum atomic E-state index is 12.5. The summed E-state index contributed by atoms with van der Waals surface area (Å²) < 4.78 is 0. The zero-order valence-corrected chi connectivity index (χ0v) is 11.6. The minimum atomic E-state index is -0.0412. The topological polar surface area (TPSA) is 52.7 Å². The molecule has 0 radical (unpaired) electrons. The lowest BCUT2D eigenvalue weighted by Crippen LogP contribution is -2.47. The van der Waals surface area contributed by atoms with Gasteiger partial charge in [-0.15, -0.1) is 0 Å². The number of amides is 2. The van der Waals surface area contributed by atoms with Gasteiger partial charge in [0.1, 0.15) is 0 Å². The molecule has 4 rings (SSSR count). The Bertz CT molecular complexity index is 440. The van der Waals surface area contributed by atoms with E-state index in [9.17, 15) is 9.59 Å². The van der Waals surface area contributed by atoms with Crippen LogP contribution in [0.2, 0.25) is 0 Å². The molecule has 5 nitrogen and oxygen atoms in total. The maximum absolute atomic E-state index is 12.5. The van der Waals surface area contributed by atoms with Crippen LogP contribution in [0.4, 0.5) is 0 Å². The highest BCUT2D eigenvalue weighted by atomic mass is 16.2. The van der Waals surface area contributed by atoms with Gasteiger partial charge in [-0.1, -0.05) is 12.2 Å². The highest BCUT2D eigenvalue weighted by molar-refractivity contribution is 6.06. The van der Waals surface area contributed by atoms with Crippen LogP contribution in [-0.2, 0) is 9.59 Å². The molecule has 0 unspecified atom stereocenters. The van der Waals surface area contributed by atoms with Crippen molar-refractivity contribution in [1.29, 1.82) is 0 Å². The van der Waals surface area contributed by atoms with Crippen LogP contribution >= 0.6 is 0 Å². The number of likely N-dealkylation sites (tertiary alicyclic amines) is 1. The molecule has 0 aromatic heterocycles. The first-order valence-electron chi connectivity index (χ1n) is 7.72. The number of allylic oxidation sites excluding steroid dienone is 2. The number of carbonyl (C=O) groups excluding carboxylic acids is 2. The molecule has 4 atom stereocenters. The molecule has 1 saturated carbocycles. The van der Waals surface area contributed by atoms with E-state index in [0.717, 1.165) is 39.1 Å². The number of imide groups is 1. The molecule has 2 aliphatic heterocycles. The number of hydrogen-bond donors (Lipinski definition) is 1. The van der Waals surface area contributed by atoms with Gasteiger partial charge in [-0.2, -0.15) is 0 Å². The van der Waals surface area contributed by atoms with E-state index in [4.69, 9.17) is 0 Å². The van der Waals surface area contributed by atoms with Gasteiger partial charge >= 0.3 is 0 Å². The largest absolute Gasteiger partial charge is 0.314 e. The molecule has 3 fully saturated rings. The van der Waals surface area contributed by atoms with Crippen LogP contribution in [0, 0.1) is 23.7 Å². The summed E-state index contributed by atoms with van der Waals surface area (Å²) in [5, 5.41) is 3.32. The summed E-state index contributed by atoms with van der Waals surface area (Å²) in [6.45, 7) is 5.42. The Kier molecular flexibility index (Phi) is 2.93. The summed E-state index contributed by atoms with van der Waals surface area (Å²) in [5.41, 5.74) is 0. The Balaban J connectivity index is 1.42. The van der Waals surface area contributed by atoms with Crippen molar-refractivity contribution < 1.29 is 9.59 Å². The molecular formula is C15H21N3O2. The van der Waals surface area contributed by atoms with Crippen molar-refractivity contribution in [2.75, 3.05) is 39.3 Å². The van der Waals surface area contributed by atoms with E-state index in [0.29, 0.717) is 18.4 Å². The molecule has 0 aromatic rings. The Morgan fingerprint density at radius 3 is 2.20 bits per heavy atom. The minimum Gasteiger partial charge on any atom is -0.314 e. The Morgan fingerprint density at radius 1 is 1.00 bits per heavy atom. The summed E-state index contributed by atoms with van der Waals surface area (Å²) in [4.78, 5) is 28.9. The van der Waals surface area contributed by atoms with Crippen molar-refractivity contribution in [3.63, 3.8) is 0 Å². The lowest BCUT2D eigenvalue weighted by atomic mass is 9.85. The van der Waals surface area contributed by atoms with Gasteiger partial charge in [0.25, 0.3) is 0 Å². The number of nitrogens with one attached hydrogen (secondary N) is 1. The van der Waals surface area contributed by atoms with Crippen molar-refractivity contribution in [3.05, 3.63) is 12.2 Å². The second kappa shape index (κ2) is 4.67. The lowest BCUT2D eigenvalue weighted by Gasteiger charge is -2.28. The van der Waals surface area contributed by atoms with Gasteiger partial charge in [-0.3, -0.25) is 19.4 Å². The summed E-state index contributed by atoms with van der Waals surface area (Å²) >= 11 is 0. The van der Waals surface area contributed by atoms with Crippen LogP contribution in [0.1, 0.15) is 6.42 Å². The zero-order valence-electron chi connectivity index (χ0n) is 11.6. The first kappa shape index (κ1) is 12.5. The standard InChI is InChI=1S/C15H21N3O2/c19-14-12-10-1-2-11(9-10)13(12)15(20)18(14)8-7-17-5-3-16-4-6-17/h1-2,10-13,16H,3-9H2/t10-,11-,12+,13+/m1/s1. The van der Waals surface area contributed by atoms with Crippen LogP contribution in [0.3, 0.4) is 0 Å². The van der Waals surface area contributed by atoms with Crippen LogP contribution in [0.25, 0.3) is 0 Å². The van der Waals surface area contributed by atoms with Crippen LogP contribution in [-0.4, -0.2) is 60.9 Å². The van der Waals surface area contributed by atoms with E-state index in [1.54, 1.807) is 4.90 Å². The average molecular weight is 275 g/mol. The van der Waals surface area contributed by atoms with Crippen LogP contribution in [0.15, 0.2) is 12.2 Å². The maximum Gasteiger partial charge on any atom is 0.233 e. The predicted molar refractivity (Wildman–Crippen MR) is 73.7 cm³/mol. The fourth-order valence-electron chi connectivity index (χ4n) is 4.36. The van der Waals surface area contributed by atoms with E-state index >= 15 is 0 Å². The molecule has 4 aliphatic rings. The highest BCUT2D eigenvalue weighted by Crippen LogP contribution is 2.52. The summed E-state index contributed by atoms with van der Waals surface area (Å²) in [5.74, 6) is 0.747. The second-order valence-corrected chi connectivity index (χ2v) is 6.42. The minimum absolute atomic E-state index is 0.0412. The number of nitrogens with zero attached hydrogens (tertiary/aromatic N) is 2. The van der Waals surface area contributed by atoms with E-state index in [1.165, 1.54) is 0 Å². The molecule has 108 valence electrons. The van der Waals surface area contributed by atoms with Gasteiger partial charge < -0.3 is 5.32 Å².